The van der Waals surface area contributed by atoms with Crippen LogP contribution >= 0.6 is 11.6 Å². The van der Waals surface area contributed by atoms with Gasteiger partial charge in [-0.1, -0.05) is 41.8 Å². The molecule has 1 aliphatic heterocycles. The molecule has 0 amide bonds. The van der Waals surface area contributed by atoms with Gasteiger partial charge < -0.3 is 29.5 Å². The molecule has 3 N–H and O–H groups in total. The monoisotopic (exact) mass is 474 g/mol. The Bertz CT molecular complexity index is 910. The first-order valence-corrected chi connectivity index (χ1v) is 11.5. The normalized spacial score (nSPS) is 23.4. The largest absolute Gasteiger partial charge is 0.491 e. The number of terminal acetylenes is 1. The Labute approximate surface area is 200 Å². The molecule has 3 rings (SSSR count). The zero-order valence-electron chi connectivity index (χ0n) is 18.5. The van der Waals surface area contributed by atoms with E-state index in [1.807, 2.05) is 36.4 Å². The predicted octanol–water partition coefficient (Wildman–Crippen LogP) is 3.28. The van der Waals surface area contributed by atoms with E-state index >= 15 is 0 Å². The van der Waals surface area contributed by atoms with Crippen molar-refractivity contribution in [3.8, 4) is 18.1 Å². The molecule has 6 nitrogen and oxygen atoms in total. The summed E-state index contributed by atoms with van der Waals surface area (Å²) in [5.41, 5.74) is 2.71. The summed E-state index contributed by atoms with van der Waals surface area (Å²) in [6.07, 6.45) is 4.48. The van der Waals surface area contributed by atoms with Crippen molar-refractivity contribution in [1.82, 2.24) is 0 Å². The van der Waals surface area contributed by atoms with Gasteiger partial charge in [0.15, 0.2) is 0 Å². The second kappa shape index (κ2) is 13.0. The average Bonchev–Trinajstić information content (AvgIpc) is 2.81. The van der Waals surface area contributed by atoms with E-state index in [1.54, 1.807) is 6.07 Å². The molecular formula is C26H31ClO6. The number of benzene rings is 2. The summed E-state index contributed by atoms with van der Waals surface area (Å²) in [5.74, 6) is 3.15. The minimum absolute atomic E-state index is 0.270. The van der Waals surface area contributed by atoms with Crippen LogP contribution in [0.2, 0.25) is 5.02 Å². The molecule has 2 aromatic rings. The lowest BCUT2D eigenvalue weighted by molar-refractivity contribution is -0.146. The molecule has 0 unspecified atom stereocenters. The highest BCUT2D eigenvalue weighted by Gasteiger charge is 2.31. The molecule has 0 aliphatic carbocycles. The first kappa shape index (κ1) is 25.5. The molecule has 0 spiro atoms. The van der Waals surface area contributed by atoms with E-state index in [9.17, 15) is 15.3 Å². The summed E-state index contributed by atoms with van der Waals surface area (Å²) in [7, 11) is 0. The van der Waals surface area contributed by atoms with Gasteiger partial charge >= 0.3 is 0 Å². The fraction of sp³-hybridized carbons (Fsp3) is 0.462. The highest BCUT2D eigenvalue weighted by molar-refractivity contribution is 6.31. The van der Waals surface area contributed by atoms with Crippen LogP contribution < -0.4 is 4.74 Å². The van der Waals surface area contributed by atoms with Crippen molar-refractivity contribution in [1.29, 1.82) is 0 Å². The molecule has 1 aliphatic rings. The maximum atomic E-state index is 10.7. The highest BCUT2D eigenvalue weighted by atomic mass is 35.5. The van der Waals surface area contributed by atoms with Crippen molar-refractivity contribution >= 4 is 11.6 Å². The number of halogens is 1. The Morgan fingerprint density at radius 1 is 1.06 bits per heavy atom. The van der Waals surface area contributed by atoms with Gasteiger partial charge in [0.25, 0.3) is 0 Å². The van der Waals surface area contributed by atoms with Crippen molar-refractivity contribution < 1.29 is 29.5 Å². The van der Waals surface area contributed by atoms with Crippen molar-refractivity contribution in [3.63, 3.8) is 0 Å². The van der Waals surface area contributed by atoms with Crippen molar-refractivity contribution in [2.24, 2.45) is 0 Å². The Morgan fingerprint density at radius 2 is 1.82 bits per heavy atom. The summed E-state index contributed by atoms with van der Waals surface area (Å²) in [6.45, 7) is 0.807. The van der Waals surface area contributed by atoms with E-state index < -0.39 is 24.4 Å². The van der Waals surface area contributed by atoms with Gasteiger partial charge in [0, 0.05) is 5.02 Å². The highest BCUT2D eigenvalue weighted by Crippen LogP contribution is 2.33. The molecule has 1 heterocycles. The number of hydrogen-bond acceptors (Lipinski definition) is 6. The van der Waals surface area contributed by atoms with Crippen LogP contribution in [0.3, 0.4) is 0 Å². The molecule has 0 bridgehead atoms. The van der Waals surface area contributed by atoms with Crippen molar-refractivity contribution in [2.45, 2.75) is 50.1 Å². The Balaban J connectivity index is 1.69. The van der Waals surface area contributed by atoms with E-state index in [1.165, 1.54) is 0 Å². The van der Waals surface area contributed by atoms with Gasteiger partial charge in [0.1, 0.15) is 31.2 Å². The van der Waals surface area contributed by atoms with Crippen LogP contribution in [-0.4, -0.2) is 60.1 Å². The third-order valence-electron chi connectivity index (χ3n) is 5.68. The Kier molecular flexibility index (Phi) is 10.0. The van der Waals surface area contributed by atoms with Gasteiger partial charge in [-0.05, 0) is 60.6 Å². The number of aliphatic hydroxyl groups excluding tert-OH is 3. The lowest BCUT2D eigenvalue weighted by Gasteiger charge is -2.33. The van der Waals surface area contributed by atoms with Crippen LogP contribution in [0.15, 0.2) is 42.5 Å². The topological polar surface area (TPSA) is 88.4 Å². The maximum Gasteiger partial charge on any atom is 0.119 e. The third-order valence-corrected chi connectivity index (χ3v) is 6.05. The average molecular weight is 475 g/mol. The van der Waals surface area contributed by atoms with Gasteiger partial charge in [-0.25, -0.2) is 0 Å². The molecule has 1 saturated heterocycles. The predicted molar refractivity (Wildman–Crippen MR) is 126 cm³/mol. The smallest absolute Gasteiger partial charge is 0.119 e. The minimum atomic E-state index is -0.763. The molecule has 4 atom stereocenters. The SMILES string of the molecule is C#CCOCCOc1ccc(Cc2cc([C@H]3O[C@H](CO)[C@@H](O)CCC[C@H]3O)ccc2Cl)cc1. The lowest BCUT2D eigenvalue weighted by atomic mass is 9.93. The summed E-state index contributed by atoms with van der Waals surface area (Å²) in [4.78, 5) is 0. The molecule has 178 valence electrons. The van der Waals surface area contributed by atoms with Crippen LogP contribution in [0.1, 0.15) is 42.1 Å². The summed E-state index contributed by atoms with van der Waals surface area (Å²) >= 11 is 6.46. The van der Waals surface area contributed by atoms with E-state index in [0.717, 1.165) is 22.4 Å². The zero-order chi connectivity index (χ0) is 23.6. The van der Waals surface area contributed by atoms with Gasteiger partial charge in [-0.15, -0.1) is 6.42 Å². The number of hydrogen-bond donors (Lipinski definition) is 3. The summed E-state index contributed by atoms with van der Waals surface area (Å²) in [5, 5.41) is 31.1. The molecule has 0 saturated carbocycles. The summed E-state index contributed by atoms with van der Waals surface area (Å²) in [6, 6.07) is 13.3. The fourth-order valence-electron chi connectivity index (χ4n) is 3.89. The second-order valence-corrected chi connectivity index (χ2v) is 8.53. The zero-order valence-corrected chi connectivity index (χ0v) is 19.3. The van der Waals surface area contributed by atoms with Crippen molar-refractivity contribution in [3.05, 3.63) is 64.2 Å². The van der Waals surface area contributed by atoms with Crippen LogP contribution in [-0.2, 0) is 15.9 Å². The van der Waals surface area contributed by atoms with E-state index in [0.29, 0.717) is 43.9 Å². The van der Waals surface area contributed by atoms with Crippen molar-refractivity contribution in [2.75, 3.05) is 26.4 Å². The minimum Gasteiger partial charge on any atom is -0.491 e. The third kappa shape index (κ3) is 7.44. The van der Waals surface area contributed by atoms with Crippen LogP contribution in [0.25, 0.3) is 0 Å². The lowest BCUT2D eigenvalue weighted by Crippen LogP contribution is -2.38. The van der Waals surface area contributed by atoms with Gasteiger partial charge in [-0.2, -0.15) is 0 Å². The number of rotatable bonds is 9. The standard InChI is InChI=1S/C26H31ClO6/c1-2-12-31-13-14-32-21-9-6-18(7-10-21)15-20-16-19(8-11-22(20)27)26-24(30)5-3-4-23(29)25(17-28)33-26/h1,6-11,16,23-26,28-30H,3-5,12-15,17H2/t23-,24+,25+,26+/m0/s1. The quantitative estimate of drug-likeness (QED) is 0.382. The molecule has 7 heteroatoms. The molecular weight excluding hydrogens is 444 g/mol. The molecule has 1 fully saturated rings. The maximum absolute atomic E-state index is 10.7. The number of aliphatic hydroxyl groups is 3. The Hall–Kier alpha value is -2.11. The van der Waals surface area contributed by atoms with E-state index in [-0.39, 0.29) is 13.2 Å². The second-order valence-electron chi connectivity index (χ2n) is 8.12. The first-order valence-electron chi connectivity index (χ1n) is 11.2. The molecule has 0 radical (unpaired) electrons. The van der Waals surface area contributed by atoms with Crippen LogP contribution in [0.4, 0.5) is 0 Å². The number of ether oxygens (including phenoxy) is 3. The Morgan fingerprint density at radius 3 is 2.55 bits per heavy atom. The molecule has 2 aromatic carbocycles. The van der Waals surface area contributed by atoms with E-state index in [4.69, 9.17) is 32.2 Å². The van der Waals surface area contributed by atoms with Gasteiger partial charge in [0.2, 0.25) is 0 Å². The van der Waals surface area contributed by atoms with Gasteiger partial charge in [0.05, 0.1) is 25.4 Å². The van der Waals surface area contributed by atoms with Gasteiger partial charge in [-0.3, -0.25) is 0 Å². The van der Waals surface area contributed by atoms with Crippen LogP contribution in [0, 0.1) is 12.3 Å². The molecule has 0 aromatic heterocycles. The van der Waals surface area contributed by atoms with Crippen LogP contribution in [0.5, 0.6) is 5.75 Å². The molecule has 33 heavy (non-hydrogen) atoms. The summed E-state index contributed by atoms with van der Waals surface area (Å²) < 4.78 is 16.8. The first-order chi connectivity index (χ1) is 16.0. The van der Waals surface area contributed by atoms with E-state index in [2.05, 4.69) is 5.92 Å². The fourth-order valence-corrected chi connectivity index (χ4v) is 4.07.